The Morgan fingerprint density at radius 3 is 2.93 bits per heavy atom. The molecule has 1 amide bonds. The molecule has 2 atom stereocenters. The van der Waals surface area contributed by atoms with Crippen molar-refractivity contribution in [1.29, 1.82) is 0 Å². The maximum atomic E-state index is 12.0. The third-order valence-corrected chi connectivity index (χ3v) is 3.09. The molecule has 0 radical (unpaired) electrons. The molecule has 0 spiro atoms. The van der Waals surface area contributed by atoms with E-state index in [9.17, 15) is 4.79 Å². The van der Waals surface area contributed by atoms with Gasteiger partial charge in [0.1, 0.15) is 0 Å². The number of amides is 1. The van der Waals surface area contributed by atoms with E-state index in [0.29, 0.717) is 6.61 Å². The molecule has 1 fully saturated rings. The van der Waals surface area contributed by atoms with E-state index >= 15 is 0 Å². The van der Waals surface area contributed by atoms with Crippen molar-refractivity contribution in [3.05, 3.63) is 0 Å². The molecule has 1 aliphatic heterocycles. The van der Waals surface area contributed by atoms with Gasteiger partial charge in [0.2, 0.25) is 5.91 Å². The second-order valence-corrected chi connectivity index (χ2v) is 4.03. The van der Waals surface area contributed by atoms with Crippen molar-refractivity contribution >= 4 is 5.91 Å². The van der Waals surface area contributed by atoms with Crippen LogP contribution in [0.25, 0.3) is 0 Å². The summed E-state index contributed by atoms with van der Waals surface area (Å²) in [6.07, 6.45) is 2.99. The van der Waals surface area contributed by atoms with Crippen LogP contribution in [0.3, 0.4) is 0 Å². The summed E-state index contributed by atoms with van der Waals surface area (Å²) in [5.74, 6) is 0.229. The number of likely N-dealkylation sites (N-methyl/N-ethyl adjacent to an activating group) is 1. The van der Waals surface area contributed by atoms with Crippen molar-refractivity contribution in [2.45, 2.75) is 38.3 Å². The smallest absolute Gasteiger partial charge is 0.240 e. The molecule has 0 bridgehead atoms. The van der Waals surface area contributed by atoms with Gasteiger partial charge in [0, 0.05) is 13.7 Å². The number of nitrogens with one attached hydrogen (secondary N) is 1. The Kier molecular flexibility index (Phi) is 5.05. The Balaban J connectivity index is 2.62. The number of hydrogen-bond acceptors (Lipinski definition) is 3. The predicted octanol–water partition coefficient (Wildman–Crippen LogP) is 0.622. The zero-order chi connectivity index (χ0) is 11.3. The van der Waals surface area contributed by atoms with Crippen LogP contribution in [-0.4, -0.2) is 50.2 Å². The lowest BCUT2D eigenvalue weighted by Crippen LogP contribution is -2.54. The molecule has 0 aromatic rings. The fourth-order valence-electron chi connectivity index (χ4n) is 2.15. The third-order valence-electron chi connectivity index (χ3n) is 3.09. The predicted molar refractivity (Wildman–Crippen MR) is 59.7 cm³/mol. The monoisotopic (exact) mass is 214 g/mol. The summed E-state index contributed by atoms with van der Waals surface area (Å²) < 4.78 is 5.15. The number of methoxy groups -OCH3 is 1. The molecule has 4 nitrogen and oxygen atoms in total. The highest BCUT2D eigenvalue weighted by atomic mass is 16.5. The molecule has 2 unspecified atom stereocenters. The second kappa shape index (κ2) is 6.08. The Morgan fingerprint density at radius 1 is 1.67 bits per heavy atom. The van der Waals surface area contributed by atoms with Crippen LogP contribution in [0.15, 0.2) is 0 Å². The minimum atomic E-state index is 0.00431. The van der Waals surface area contributed by atoms with E-state index in [0.717, 1.165) is 25.8 Å². The normalized spacial score (nSPS) is 24.3. The van der Waals surface area contributed by atoms with Crippen LogP contribution in [-0.2, 0) is 9.53 Å². The van der Waals surface area contributed by atoms with Crippen LogP contribution in [0, 0.1) is 0 Å². The van der Waals surface area contributed by atoms with Crippen LogP contribution >= 0.6 is 0 Å². The molecule has 0 saturated carbocycles. The van der Waals surface area contributed by atoms with Crippen LogP contribution in [0.4, 0.5) is 0 Å². The van der Waals surface area contributed by atoms with Crippen molar-refractivity contribution in [3.8, 4) is 0 Å². The van der Waals surface area contributed by atoms with Gasteiger partial charge in [-0.1, -0.05) is 6.92 Å². The Bertz CT molecular complexity index is 209. The van der Waals surface area contributed by atoms with Crippen LogP contribution in [0.5, 0.6) is 0 Å². The van der Waals surface area contributed by atoms with Crippen LogP contribution in [0.2, 0.25) is 0 Å². The SMILES string of the molecule is CCC(COC)N1CCCC(NC)C1=O. The first-order chi connectivity index (χ1) is 7.24. The average Bonchev–Trinajstić information content (AvgIpc) is 2.27. The Labute approximate surface area is 92.0 Å². The van der Waals surface area contributed by atoms with Crippen molar-refractivity contribution in [3.63, 3.8) is 0 Å². The molecule has 0 aliphatic carbocycles. The Morgan fingerprint density at radius 2 is 2.40 bits per heavy atom. The number of piperidine rings is 1. The van der Waals surface area contributed by atoms with E-state index in [-0.39, 0.29) is 18.0 Å². The summed E-state index contributed by atoms with van der Waals surface area (Å²) in [5, 5.41) is 3.07. The van der Waals surface area contributed by atoms with Crippen molar-refractivity contribution in [2.24, 2.45) is 0 Å². The summed E-state index contributed by atoms with van der Waals surface area (Å²) in [4.78, 5) is 14.0. The molecule has 1 aliphatic rings. The average molecular weight is 214 g/mol. The number of likely N-dealkylation sites (tertiary alicyclic amines) is 1. The zero-order valence-electron chi connectivity index (χ0n) is 9.95. The maximum Gasteiger partial charge on any atom is 0.240 e. The van der Waals surface area contributed by atoms with Gasteiger partial charge < -0.3 is 15.0 Å². The summed E-state index contributed by atoms with van der Waals surface area (Å²) >= 11 is 0. The van der Waals surface area contributed by atoms with Gasteiger partial charge in [0.15, 0.2) is 0 Å². The maximum absolute atomic E-state index is 12.0. The van der Waals surface area contributed by atoms with Crippen molar-refractivity contribution in [1.82, 2.24) is 10.2 Å². The minimum absolute atomic E-state index is 0.00431. The number of nitrogens with zero attached hydrogens (tertiary/aromatic N) is 1. The lowest BCUT2D eigenvalue weighted by atomic mass is 10.0. The molecule has 0 aromatic heterocycles. The lowest BCUT2D eigenvalue weighted by molar-refractivity contribution is -0.139. The van der Waals surface area contributed by atoms with Crippen molar-refractivity contribution in [2.75, 3.05) is 27.3 Å². The summed E-state index contributed by atoms with van der Waals surface area (Å²) in [5.41, 5.74) is 0. The molecule has 1 saturated heterocycles. The fraction of sp³-hybridized carbons (Fsp3) is 0.909. The number of ether oxygens (including phenoxy) is 1. The number of carbonyl (C=O) groups excluding carboxylic acids is 1. The number of carbonyl (C=O) groups is 1. The van der Waals surface area contributed by atoms with Crippen molar-refractivity contribution < 1.29 is 9.53 Å². The van der Waals surface area contributed by atoms with Gasteiger partial charge in [-0.25, -0.2) is 0 Å². The van der Waals surface area contributed by atoms with E-state index in [2.05, 4.69) is 12.2 Å². The lowest BCUT2D eigenvalue weighted by Gasteiger charge is -2.37. The van der Waals surface area contributed by atoms with Crippen LogP contribution in [0.1, 0.15) is 26.2 Å². The number of rotatable bonds is 5. The largest absolute Gasteiger partial charge is 0.383 e. The molecular formula is C11H22N2O2. The fourth-order valence-corrected chi connectivity index (χ4v) is 2.15. The molecule has 88 valence electrons. The standard InChI is InChI=1S/C11H22N2O2/c1-4-9(8-15-3)13-7-5-6-10(12-2)11(13)14/h9-10,12H,4-8H2,1-3H3. The molecule has 4 heteroatoms. The highest BCUT2D eigenvalue weighted by Crippen LogP contribution is 2.16. The molecule has 1 heterocycles. The Hall–Kier alpha value is -0.610. The first-order valence-electron chi connectivity index (χ1n) is 5.71. The second-order valence-electron chi connectivity index (χ2n) is 4.03. The van der Waals surface area contributed by atoms with Gasteiger partial charge in [-0.3, -0.25) is 4.79 Å². The third kappa shape index (κ3) is 2.92. The minimum Gasteiger partial charge on any atom is -0.383 e. The first-order valence-corrected chi connectivity index (χ1v) is 5.71. The van der Waals surface area contributed by atoms with Crippen LogP contribution < -0.4 is 5.32 Å². The summed E-state index contributed by atoms with van der Waals surface area (Å²) in [6, 6.07) is 0.239. The quantitative estimate of drug-likeness (QED) is 0.729. The molecule has 1 rings (SSSR count). The van der Waals surface area contributed by atoms with Gasteiger partial charge in [-0.15, -0.1) is 0 Å². The van der Waals surface area contributed by atoms with E-state index in [1.54, 1.807) is 7.11 Å². The topological polar surface area (TPSA) is 41.6 Å². The highest BCUT2D eigenvalue weighted by molar-refractivity contribution is 5.82. The van der Waals surface area contributed by atoms with Gasteiger partial charge in [-0.05, 0) is 26.3 Å². The first kappa shape index (κ1) is 12.5. The zero-order valence-corrected chi connectivity index (χ0v) is 9.95. The van der Waals surface area contributed by atoms with E-state index < -0.39 is 0 Å². The molecular weight excluding hydrogens is 192 g/mol. The summed E-state index contributed by atoms with van der Waals surface area (Å²) in [6.45, 7) is 3.61. The van der Waals surface area contributed by atoms with E-state index in [1.165, 1.54) is 0 Å². The van der Waals surface area contributed by atoms with E-state index in [1.807, 2.05) is 11.9 Å². The van der Waals surface area contributed by atoms with Gasteiger partial charge in [0.25, 0.3) is 0 Å². The van der Waals surface area contributed by atoms with Gasteiger partial charge >= 0.3 is 0 Å². The number of hydrogen-bond donors (Lipinski definition) is 1. The molecule has 1 N–H and O–H groups in total. The van der Waals surface area contributed by atoms with Gasteiger partial charge in [-0.2, -0.15) is 0 Å². The van der Waals surface area contributed by atoms with E-state index in [4.69, 9.17) is 4.74 Å². The van der Waals surface area contributed by atoms with Gasteiger partial charge in [0.05, 0.1) is 18.7 Å². The molecule has 15 heavy (non-hydrogen) atoms. The molecule has 0 aromatic carbocycles. The summed E-state index contributed by atoms with van der Waals surface area (Å²) in [7, 11) is 3.54. The highest BCUT2D eigenvalue weighted by Gasteiger charge is 2.31.